The highest BCUT2D eigenvalue weighted by molar-refractivity contribution is 5.52. The van der Waals surface area contributed by atoms with Crippen molar-refractivity contribution in [2.24, 2.45) is 5.73 Å². The summed E-state index contributed by atoms with van der Waals surface area (Å²) in [4.78, 5) is 3.39. The first-order valence-corrected chi connectivity index (χ1v) is 5.06. The highest BCUT2D eigenvalue weighted by Crippen LogP contribution is 2.29. The molecule has 96 valence electrons. The van der Waals surface area contributed by atoms with Crippen LogP contribution in [0, 0.1) is 11.3 Å². The summed E-state index contributed by atoms with van der Waals surface area (Å²) in [5.41, 5.74) is 4.24. The fraction of sp³-hybridized carbons (Fsp3) is 0.273. The first-order chi connectivity index (χ1) is 8.49. The maximum Gasteiger partial charge on any atom is 0.433 e. The van der Waals surface area contributed by atoms with Gasteiger partial charge >= 0.3 is 6.18 Å². The summed E-state index contributed by atoms with van der Waals surface area (Å²) >= 11 is 0. The SMILES string of the molecule is N#Cc1ccc(C(F)(F)F)nc1NC/C=C/CN. The van der Waals surface area contributed by atoms with E-state index in [1.165, 1.54) is 0 Å². The molecule has 0 bridgehead atoms. The molecule has 0 aliphatic carbocycles. The van der Waals surface area contributed by atoms with Crippen LogP contribution < -0.4 is 11.1 Å². The molecule has 0 saturated heterocycles. The van der Waals surface area contributed by atoms with E-state index in [1.807, 2.05) is 0 Å². The number of halogens is 3. The van der Waals surface area contributed by atoms with Crippen LogP contribution in [0.4, 0.5) is 19.0 Å². The van der Waals surface area contributed by atoms with Gasteiger partial charge in [0.05, 0.1) is 5.56 Å². The lowest BCUT2D eigenvalue weighted by atomic mass is 10.2. The van der Waals surface area contributed by atoms with Crippen LogP contribution in [0.3, 0.4) is 0 Å². The molecule has 4 nitrogen and oxygen atoms in total. The number of hydrogen-bond acceptors (Lipinski definition) is 4. The van der Waals surface area contributed by atoms with Crippen molar-refractivity contribution in [3.63, 3.8) is 0 Å². The van der Waals surface area contributed by atoms with Crippen LogP contribution >= 0.6 is 0 Å². The minimum Gasteiger partial charge on any atom is -0.365 e. The molecule has 0 atom stereocenters. The predicted molar refractivity (Wildman–Crippen MR) is 60.6 cm³/mol. The molecule has 0 amide bonds. The van der Waals surface area contributed by atoms with E-state index in [0.29, 0.717) is 6.54 Å². The summed E-state index contributed by atoms with van der Waals surface area (Å²) in [5, 5.41) is 11.4. The zero-order chi connectivity index (χ0) is 13.6. The lowest BCUT2D eigenvalue weighted by Crippen LogP contribution is -2.11. The lowest BCUT2D eigenvalue weighted by molar-refractivity contribution is -0.141. The molecule has 0 saturated carbocycles. The second-order valence-corrected chi connectivity index (χ2v) is 3.29. The molecule has 0 aromatic carbocycles. The third kappa shape index (κ3) is 3.75. The van der Waals surface area contributed by atoms with Gasteiger partial charge in [0.15, 0.2) is 0 Å². The van der Waals surface area contributed by atoms with E-state index in [2.05, 4.69) is 10.3 Å². The normalized spacial score (nSPS) is 11.5. The van der Waals surface area contributed by atoms with Gasteiger partial charge in [0.25, 0.3) is 0 Å². The molecule has 1 aromatic heterocycles. The highest BCUT2D eigenvalue weighted by atomic mass is 19.4. The number of hydrogen-bond donors (Lipinski definition) is 2. The Bertz CT molecular complexity index is 474. The lowest BCUT2D eigenvalue weighted by Gasteiger charge is -2.09. The Kier molecular flexibility index (Phi) is 4.68. The summed E-state index contributed by atoms with van der Waals surface area (Å²) in [6.45, 7) is 0.586. The Morgan fingerprint density at radius 2 is 2.11 bits per heavy atom. The number of alkyl halides is 3. The first kappa shape index (κ1) is 14.0. The van der Waals surface area contributed by atoms with Gasteiger partial charge in [0.2, 0.25) is 0 Å². The molecule has 1 rings (SSSR count). The van der Waals surface area contributed by atoms with Gasteiger partial charge in [-0.25, -0.2) is 4.98 Å². The van der Waals surface area contributed by atoms with Crippen molar-refractivity contribution in [3.05, 3.63) is 35.5 Å². The van der Waals surface area contributed by atoms with Crippen LogP contribution in [0.1, 0.15) is 11.3 Å². The molecule has 1 aromatic rings. The monoisotopic (exact) mass is 256 g/mol. The fourth-order valence-electron chi connectivity index (χ4n) is 1.18. The number of rotatable bonds is 4. The zero-order valence-electron chi connectivity index (χ0n) is 9.33. The Morgan fingerprint density at radius 3 is 2.67 bits per heavy atom. The molecule has 0 fully saturated rings. The van der Waals surface area contributed by atoms with Gasteiger partial charge in [0.1, 0.15) is 17.6 Å². The van der Waals surface area contributed by atoms with Gasteiger partial charge in [-0.2, -0.15) is 18.4 Å². The Balaban J connectivity index is 2.93. The number of anilines is 1. The van der Waals surface area contributed by atoms with Gasteiger partial charge in [-0.15, -0.1) is 0 Å². The van der Waals surface area contributed by atoms with Crippen LogP contribution in [0.15, 0.2) is 24.3 Å². The number of nitrogens with zero attached hydrogens (tertiary/aromatic N) is 2. The molecule has 0 spiro atoms. The second-order valence-electron chi connectivity index (χ2n) is 3.29. The number of nitrogens with one attached hydrogen (secondary N) is 1. The van der Waals surface area contributed by atoms with Crippen LogP contribution in [0.5, 0.6) is 0 Å². The van der Waals surface area contributed by atoms with Crippen molar-refractivity contribution in [2.45, 2.75) is 6.18 Å². The fourth-order valence-corrected chi connectivity index (χ4v) is 1.18. The molecule has 0 aliphatic heterocycles. The topological polar surface area (TPSA) is 74.7 Å². The van der Waals surface area contributed by atoms with E-state index in [9.17, 15) is 13.2 Å². The molecule has 3 N–H and O–H groups in total. The molecule has 1 heterocycles. The second kappa shape index (κ2) is 6.02. The van der Waals surface area contributed by atoms with Crippen molar-refractivity contribution in [1.29, 1.82) is 5.26 Å². The number of nitriles is 1. The molecular formula is C11H11F3N4. The van der Waals surface area contributed by atoms with Crippen LogP contribution in [-0.2, 0) is 6.18 Å². The third-order valence-electron chi connectivity index (χ3n) is 2.00. The van der Waals surface area contributed by atoms with Gasteiger partial charge in [-0.05, 0) is 12.1 Å². The average molecular weight is 256 g/mol. The maximum absolute atomic E-state index is 12.4. The van der Waals surface area contributed by atoms with Gasteiger partial charge in [-0.1, -0.05) is 12.2 Å². The van der Waals surface area contributed by atoms with Crippen LogP contribution in [0.2, 0.25) is 0 Å². The minimum atomic E-state index is -4.53. The molecule has 18 heavy (non-hydrogen) atoms. The van der Waals surface area contributed by atoms with Gasteiger partial charge in [0, 0.05) is 13.1 Å². The minimum absolute atomic E-state index is 0.0594. The summed E-state index contributed by atoms with van der Waals surface area (Å²) in [7, 11) is 0. The van der Waals surface area contributed by atoms with Crippen molar-refractivity contribution >= 4 is 5.82 Å². The van der Waals surface area contributed by atoms with Gasteiger partial charge in [-0.3, -0.25) is 0 Å². The van der Waals surface area contributed by atoms with E-state index in [1.54, 1.807) is 18.2 Å². The van der Waals surface area contributed by atoms with Crippen LogP contribution in [0.25, 0.3) is 0 Å². The standard InChI is InChI=1S/C11H11F3N4/c12-11(13,14)9-4-3-8(7-16)10(18-9)17-6-2-1-5-15/h1-4H,5-6,15H2,(H,17,18)/b2-1+. The molecule has 0 aliphatic rings. The van der Waals surface area contributed by atoms with E-state index in [4.69, 9.17) is 11.0 Å². The van der Waals surface area contributed by atoms with Gasteiger partial charge < -0.3 is 11.1 Å². The Labute approximate surface area is 102 Å². The molecule has 7 heteroatoms. The van der Waals surface area contributed by atoms with E-state index in [-0.39, 0.29) is 17.9 Å². The Hall–Kier alpha value is -2.07. The van der Waals surface area contributed by atoms with Crippen molar-refractivity contribution in [3.8, 4) is 6.07 Å². The maximum atomic E-state index is 12.4. The third-order valence-corrected chi connectivity index (χ3v) is 2.00. The highest BCUT2D eigenvalue weighted by Gasteiger charge is 2.33. The summed E-state index contributed by atoms with van der Waals surface area (Å²) in [6, 6.07) is 3.64. The number of nitrogens with two attached hydrogens (primary N) is 1. The van der Waals surface area contributed by atoms with Crippen molar-refractivity contribution in [2.75, 3.05) is 18.4 Å². The molecule has 0 unspecified atom stereocenters. The summed E-state index contributed by atoms with van der Waals surface area (Å²) < 4.78 is 37.3. The van der Waals surface area contributed by atoms with Crippen molar-refractivity contribution < 1.29 is 13.2 Å². The van der Waals surface area contributed by atoms with Crippen molar-refractivity contribution in [1.82, 2.24) is 4.98 Å². The van der Waals surface area contributed by atoms with E-state index in [0.717, 1.165) is 12.1 Å². The first-order valence-electron chi connectivity index (χ1n) is 5.06. The predicted octanol–water partition coefficient (Wildman–Crippen LogP) is 1.90. The van der Waals surface area contributed by atoms with E-state index >= 15 is 0 Å². The largest absolute Gasteiger partial charge is 0.433 e. The van der Waals surface area contributed by atoms with Crippen LogP contribution in [-0.4, -0.2) is 18.1 Å². The molecule has 0 radical (unpaired) electrons. The Morgan fingerprint density at radius 1 is 1.39 bits per heavy atom. The van der Waals surface area contributed by atoms with E-state index < -0.39 is 11.9 Å². The quantitative estimate of drug-likeness (QED) is 0.807. The summed E-state index contributed by atoms with van der Waals surface area (Å²) in [6.07, 6.45) is -1.24. The average Bonchev–Trinajstić information content (AvgIpc) is 2.33. The molecular weight excluding hydrogens is 245 g/mol. The summed E-state index contributed by atoms with van der Waals surface area (Å²) in [5.74, 6) is -0.0889. The number of aromatic nitrogens is 1. The smallest absolute Gasteiger partial charge is 0.365 e. The number of pyridine rings is 1. The zero-order valence-corrected chi connectivity index (χ0v) is 9.33.